The van der Waals surface area contributed by atoms with E-state index >= 15 is 0 Å². The molecule has 2 rings (SSSR count). The fourth-order valence-corrected chi connectivity index (χ4v) is 2.86. The normalized spacial score (nSPS) is 25.5. The third-order valence-corrected chi connectivity index (χ3v) is 3.86. The van der Waals surface area contributed by atoms with E-state index in [9.17, 15) is 4.39 Å². The number of thioether (sulfide) groups is 1. The van der Waals surface area contributed by atoms with Crippen LogP contribution in [0.5, 0.6) is 0 Å². The minimum atomic E-state index is -0.395. The van der Waals surface area contributed by atoms with Gasteiger partial charge in [-0.3, -0.25) is 0 Å². The fourth-order valence-electron chi connectivity index (χ4n) is 1.93. The molecular weight excluding hydrogens is 213 g/mol. The first-order valence-corrected chi connectivity index (χ1v) is 6.35. The molecule has 0 aliphatic heterocycles. The lowest BCUT2D eigenvalue weighted by atomic mass is 10.2. The van der Waals surface area contributed by atoms with Gasteiger partial charge in [0.25, 0.3) is 0 Å². The molecule has 1 aromatic heterocycles. The summed E-state index contributed by atoms with van der Waals surface area (Å²) in [4.78, 5) is 7.81. The Bertz CT molecular complexity index is 317. The first-order valence-electron chi connectivity index (χ1n) is 5.06. The average molecular weight is 227 g/mol. The molecule has 0 radical (unpaired) electrons. The van der Waals surface area contributed by atoms with Crippen molar-refractivity contribution in [2.75, 3.05) is 11.6 Å². The van der Waals surface area contributed by atoms with Gasteiger partial charge in [0.15, 0.2) is 5.82 Å². The van der Waals surface area contributed by atoms with E-state index in [-0.39, 0.29) is 0 Å². The largest absolute Gasteiger partial charge is 0.350 e. The van der Waals surface area contributed by atoms with Crippen LogP contribution >= 0.6 is 11.8 Å². The highest BCUT2D eigenvalue weighted by molar-refractivity contribution is 7.99. The summed E-state index contributed by atoms with van der Waals surface area (Å²) < 4.78 is 12.6. The molecule has 1 aliphatic carbocycles. The quantitative estimate of drug-likeness (QED) is 0.860. The van der Waals surface area contributed by atoms with Crippen LogP contribution < -0.4 is 5.32 Å². The van der Waals surface area contributed by atoms with Crippen molar-refractivity contribution in [1.82, 2.24) is 9.97 Å². The number of rotatable bonds is 3. The van der Waals surface area contributed by atoms with Crippen molar-refractivity contribution in [2.45, 2.75) is 30.6 Å². The molecule has 0 saturated heterocycles. The lowest BCUT2D eigenvalue weighted by Gasteiger charge is -2.18. The Morgan fingerprint density at radius 3 is 2.80 bits per heavy atom. The minimum Gasteiger partial charge on any atom is -0.350 e. The molecule has 1 heterocycles. The van der Waals surface area contributed by atoms with Gasteiger partial charge >= 0.3 is 0 Å². The summed E-state index contributed by atoms with van der Waals surface area (Å²) in [5, 5.41) is 3.88. The van der Waals surface area contributed by atoms with Gasteiger partial charge in [-0.1, -0.05) is 6.42 Å². The third-order valence-electron chi connectivity index (χ3n) is 2.69. The summed E-state index contributed by atoms with van der Waals surface area (Å²) in [6, 6.07) is 0.422. The second-order valence-electron chi connectivity index (χ2n) is 3.68. The maximum absolute atomic E-state index is 12.6. The van der Waals surface area contributed by atoms with E-state index in [2.05, 4.69) is 21.5 Å². The van der Waals surface area contributed by atoms with Crippen molar-refractivity contribution < 1.29 is 4.39 Å². The van der Waals surface area contributed by atoms with Gasteiger partial charge in [-0.2, -0.15) is 11.8 Å². The maximum atomic E-state index is 12.6. The Hall–Kier alpha value is -0.840. The van der Waals surface area contributed by atoms with Crippen LogP contribution in [0.25, 0.3) is 0 Å². The molecule has 15 heavy (non-hydrogen) atoms. The highest BCUT2D eigenvalue weighted by atomic mass is 32.2. The zero-order chi connectivity index (χ0) is 10.7. The zero-order valence-electron chi connectivity index (χ0n) is 8.61. The van der Waals surface area contributed by atoms with E-state index < -0.39 is 5.82 Å². The number of nitrogens with zero attached hydrogens (tertiary/aromatic N) is 2. The summed E-state index contributed by atoms with van der Waals surface area (Å²) >= 11 is 1.87. The zero-order valence-corrected chi connectivity index (χ0v) is 9.43. The summed E-state index contributed by atoms with van der Waals surface area (Å²) in [6.45, 7) is 0. The molecule has 0 spiro atoms. The second kappa shape index (κ2) is 4.79. The lowest BCUT2D eigenvalue weighted by molar-refractivity contribution is 0.613. The smallest absolute Gasteiger partial charge is 0.223 e. The van der Waals surface area contributed by atoms with E-state index in [0.29, 0.717) is 17.2 Å². The Morgan fingerprint density at radius 2 is 2.13 bits per heavy atom. The van der Waals surface area contributed by atoms with Crippen molar-refractivity contribution in [1.29, 1.82) is 0 Å². The SMILES string of the molecule is CSC1CCCC1Nc1ncc(F)cn1. The van der Waals surface area contributed by atoms with Gasteiger partial charge < -0.3 is 5.32 Å². The molecule has 1 saturated carbocycles. The summed E-state index contributed by atoms with van der Waals surface area (Å²) in [5.74, 6) is 0.135. The number of aromatic nitrogens is 2. The number of nitrogens with one attached hydrogen (secondary N) is 1. The van der Waals surface area contributed by atoms with Gasteiger partial charge in [0.2, 0.25) is 5.95 Å². The van der Waals surface area contributed by atoms with Crippen LogP contribution in [-0.2, 0) is 0 Å². The Balaban J connectivity index is 1.99. The van der Waals surface area contributed by atoms with Crippen LogP contribution in [0.2, 0.25) is 0 Å². The first kappa shape index (κ1) is 10.7. The molecule has 2 unspecified atom stereocenters. The van der Waals surface area contributed by atoms with Gasteiger partial charge in [-0.05, 0) is 19.1 Å². The fraction of sp³-hybridized carbons (Fsp3) is 0.600. The van der Waals surface area contributed by atoms with Crippen molar-refractivity contribution in [3.63, 3.8) is 0 Å². The highest BCUT2D eigenvalue weighted by Gasteiger charge is 2.26. The minimum absolute atomic E-state index is 0.395. The van der Waals surface area contributed by atoms with Gasteiger partial charge in [0.05, 0.1) is 12.4 Å². The first-order chi connectivity index (χ1) is 7.29. The molecule has 0 aromatic carbocycles. The van der Waals surface area contributed by atoms with E-state index in [4.69, 9.17) is 0 Å². The van der Waals surface area contributed by atoms with E-state index in [1.807, 2.05) is 11.8 Å². The highest BCUT2D eigenvalue weighted by Crippen LogP contribution is 2.29. The van der Waals surface area contributed by atoms with Crippen molar-refractivity contribution in [3.8, 4) is 0 Å². The predicted molar refractivity (Wildman–Crippen MR) is 60.6 cm³/mol. The van der Waals surface area contributed by atoms with Crippen LogP contribution in [0.15, 0.2) is 12.4 Å². The van der Waals surface area contributed by atoms with E-state index in [0.717, 1.165) is 6.42 Å². The van der Waals surface area contributed by atoms with Gasteiger partial charge in [0.1, 0.15) is 0 Å². The van der Waals surface area contributed by atoms with Crippen LogP contribution in [0, 0.1) is 5.82 Å². The molecule has 1 N–H and O–H groups in total. The maximum Gasteiger partial charge on any atom is 0.223 e. The number of hydrogen-bond donors (Lipinski definition) is 1. The summed E-state index contributed by atoms with van der Waals surface area (Å²) in [7, 11) is 0. The number of anilines is 1. The van der Waals surface area contributed by atoms with Crippen molar-refractivity contribution >= 4 is 17.7 Å². The number of hydrogen-bond acceptors (Lipinski definition) is 4. The average Bonchev–Trinajstić information content (AvgIpc) is 2.69. The van der Waals surface area contributed by atoms with Crippen molar-refractivity contribution in [2.24, 2.45) is 0 Å². The molecule has 1 aromatic rings. The Labute approximate surface area is 92.9 Å². The number of halogens is 1. The second-order valence-corrected chi connectivity index (χ2v) is 4.76. The van der Waals surface area contributed by atoms with Crippen LogP contribution in [0.1, 0.15) is 19.3 Å². The molecule has 1 fully saturated rings. The third kappa shape index (κ3) is 2.59. The van der Waals surface area contributed by atoms with Crippen LogP contribution in [0.4, 0.5) is 10.3 Å². The molecular formula is C10H14FN3S. The lowest BCUT2D eigenvalue weighted by Crippen LogP contribution is -2.26. The Morgan fingerprint density at radius 1 is 1.40 bits per heavy atom. The topological polar surface area (TPSA) is 37.8 Å². The van der Waals surface area contributed by atoms with Gasteiger partial charge in [-0.25, -0.2) is 14.4 Å². The molecule has 2 atom stereocenters. The van der Waals surface area contributed by atoms with Crippen molar-refractivity contribution in [3.05, 3.63) is 18.2 Å². The summed E-state index contributed by atoms with van der Waals surface area (Å²) in [5.41, 5.74) is 0. The van der Waals surface area contributed by atoms with E-state index in [1.54, 1.807) is 0 Å². The molecule has 0 amide bonds. The summed E-state index contributed by atoms with van der Waals surface area (Å²) in [6.07, 6.45) is 8.13. The molecule has 82 valence electrons. The predicted octanol–water partition coefficient (Wildman–Crippen LogP) is 2.31. The van der Waals surface area contributed by atoms with Gasteiger partial charge in [-0.15, -0.1) is 0 Å². The standard InChI is InChI=1S/C10H14FN3S/c1-15-9-4-2-3-8(9)14-10-12-5-7(11)6-13-10/h5-6,8-9H,2-4H2,1H3,(H,12,13,14). The molecule has 3 nitrogen and oxygen atoms in total. The monoisotopic (exact) mass is 227 g/mol. The molecule has 5 heteroatoms. The Kier molecular flexibility index (Phi) is 3.41. The van der Waals surface area contributed by atoms with Gasteiger partial charge in [0, 0.05) is 11.3 Å². The van der Waals surface area contributed by atoms with E-state index in [1.165, 1.54) is 25.2 Å². The molecule has 1 aliphatic rings. The van der Waals surface area contributed by atoms with Crippen LogP contribution in [0.3, 0.4) is 0 Å². The van der Waals surface area contributed by atoms with Crippen LogP contribution in [-0.4, -0.2) is 27.5 Å². The molecule has 0 bridgehead atoms.